The average molecular weight is 416 g/mol. The van der Waals surface area contributed by atoms with Crippen LogP contribution in [0.4, 0.5) is 26.3 Å². The third-order valence-corrected chi connectivity index (χ3v) is 2.74. The molecule has 158 valence electrons. The summed E-state index contributed by atoms with van der Waals surface area (Å²) in [5.41, 5.74) is -5.73. The van der Waals surface area contributed by atoms with E-state index in [9.17, 15) is 35.9 Å². The highest BCUT2D eigenvalue weighted by molar-refractivity contribution is 5.85. The van der Waals surface area contributed by atoms with Crippen LogP contribution in [0.5, 0.6) is 0 Å². The van der Waals surface area contributed by atoms with Gasteiger partial charge in [-0.25, -0.2) is 9.59 Å². The maximum absolute atomic E-state index is 12.3. The maximum Gasteiger partial charge on any atom is 0.430 e. The van der Waals surface area contributed by atoms with Gasteiger partial charge in [-0.2, -0.15) is 26.3 Å². The molecular weight excluding hydrogens is 398 g/mol. The molecule has 3 N–H and O–H groups in total. The predicted molar refractivity (Wildman–Crippen MR) is 87.3 cm³/mol. The lowest BCUT2D eigenvalue weighted by Crippen LogP contribution is -2.53. The van der Waals surface area contributed by atoms with Crippen LogP contribution in [0.2, 0.25) is 0 Å². The zero-order valence-corrected chi connectivity index (χ0v) is 14.7. The molecule has 0 aromatic heterocycles. The Morgan fingerprint density at radius 2 is 1.04 bits per heavy atom. The smallest absolute Gasteiger partial charge is 0.430 e. The topological polar surface area (TPSA) is 94.8 Å². The van der Waals surface area contributed by atoms with Gasteiger partial charge in [0.15, 0.2) is 0 Å². The van der Waals surface area contributed by atoms with E-state index in [4.69, 9.17) is 15.3 Å². The third-order valence-electron chi connectivity index (χ3n) is 2.74. The number of aliphatic carboxylic acids is 2. The Kier molecular flexibility index (Phi) is 10.3. The van der Waals surface area contributed by atoms with Crippen molar-refractivity contribution in [1.29, 1.82) is 0 Å². The molecule has 0 heterocycles. The number of halogens is 6. The minimum absolute atomic E-state index is 0.176. The van der Waals surface area contributed by atoms with Gasteiger partial charge in [0.2, 0.25) is 0 Å². The highest BCUT2D eigenvalue weighted by Crippen LogP contribution is 2.49. The van der Waals surface area contributed by atoms with Gasteiger partial charge in [0.25, 0.3) is 5.60 Å². The van der Waals surface area contributed by atoms with Gasteiger partial charge < -0.3 is 15.3 Å². The summed E-state index contributed by atoms with van der Waals surface area (Å²) >= 11 is 0. The molecule has 0 saturated heterocycles. The lowest BCUT2D eigenvalue weighted by Gasteiger charge is -2.32. The van der Waals surface area contributed by atoms with Gasteiger partial charge in [0.05, 0.1) is 0 Å². The average Bonchev–Trinajstić information content (AvgIpc) is 2.53. The third kappa shape index (κ3) is 8.25. The van der Waals surface area contributed by atoms with Crippen LogP contribution in [0.25, 0.3) is 0 Å². The number of rotatable bonds is 3. The molecule has 0 bridgehead atoms. The first-order valence-electron chi connectivity index (χ1n) is 7.08. The van der Waals surface area contributed by atoms with Crippen LogP contribution in [0.3, 0.4) is 0 Å². The van der Waals surface area contributed by atoms with E-state index in [1.165, 1.54) is 19.9 Å². The van der Waals surface area contributed by atoms with Crippen LogP contribution in [-0.2, 0) is 15.2 Å². The van der Waals surface area contributed by atoms with E-state index in [1.807, 2.05) is 0 Å². The SMILES string of the molecule is C=C(C)C(=O)O.C=C(C)C(=O)O.OC(c1ccccc1)(C(F)(F)F)C(F)(F)F. The molecule has 1 aromatic rings. The summed E-state index contributed by atoms with van der Waals surface area (Å²) in [5, 5.41) is 24.7. The number of alkyl halides is 6. The predicted octanol–water partition coefficient (Wildman–Crippen LogP) is 4.29. The van der Waals surface area contributed by atoms with E-state index < -0.39 is 35.5 Å². The fourth-order valence-electron chi connectivity index (χ4n) is 1.17. The van der Waals surface area contributed by atoms with E-state index in [0.29, 0.717) is 12.1 Å². The van der Waals surface area contributed by atoms with Crippen molar-refractivity contribution in [2.24, 2.45) is 0 Å². The number of benzene rings is 1. The van der Waals surface area contributed by atoms with Crippen LogP contribution in [0.15, 0.2) is 54.6 Å². The highest BCUT2D eigenvalue weighted by atomic mass is 19.4. The van der Waals surface area contributed by atoms with Crippen molar-refractivity contribution in [3.63, 3.8) is 0 Å². The van der Waals surface area contributed by atoms with Crippen molar-refractivity contribution >= 4 is 11.9 Å². The molecule has 1 rings (SSSR count). The van der Waals surface area contributed by atoms with Gasteiger partial charge in [-0.15, -0.1) is 0 Å². The van der Waals surface area contributed by atoms with Gasteiger partial charge in [-0.05, 0) is 13.8 Å². The molecule has 0 amide bonds. The van der Waals surface area contributed by atoms with Crippen molar-refractivity contribution < 1.29 is 51.3 Å². The second-order valence-electron chi connectivity index (χ2n) is 5.24. The van der Waals surface area contributed by atoms with Crippen LogP contribution in [-0.4, -0.2) is 39.6 Å². The molecule has 0 atom stereocenters. The second kappa shape index (κ2) is 10.5. The minimum atomic E-state index is -5.83. The minimum Gasteiger partial charge on any atom is -0.478 e. The Bertz CT molecular complexity index is 630. The van der Waals surface area contributed by atoms with E-state index in [1.54, 1.807) is 0 Å². The van der Waals surface area contributed by atoms with Gasteiger partial charge in [-0.1, -0.05) is 43.5 Å². The molecule has 11 heteroatoms. The van der Waals surface area contributed by atoms with Gasteiger partial charge >= 0.3 is 24.3 Å². The molecule has 0 spiro atoms. The maximum atomic E-state index is 12.3. The lowest BCUT2D eigenvalue weighted by atomic mass is 9.92. The molecular formula is C17H18F6O5. The number of carbonyl (C=O) groups is 2. The summed E-state index contributed by atoms with van der Waals surface area (Å²) in [6.07, 6.45) is -11.7. The Hall–Kier alpha value is -2.82. The van der Waals surface area contributed by atoms with Crippen molar-refractivity contribution in [3.8, 4) is 0 Å². The quantitative estimate of drug-likeness (QED) is 0.505. The largest absolute Gasteiger partial charge is 0.478 e. The van der Waals surface area contributed by atoms with E-state index in [-0.39, 0.29) is 11.1 Å². The highest BCUT2D eigenvalue weighted by Gasteiger charge is 2.71. The molecule has 1 aromatic carbocycles. The van der Waals surface area contributed by atoms with E-state index >= 15 is 0 Å². The van der Waals surface area contributed by atoms with Crippen LogP contribution in [0.1, 0.15) is 19.4 Å². The van der Waals surface area contributed by atoms with Gasteiger partial charge in [0.1, 0.15) is 0 Å². The molecule has 28 heavy (non-hydrogen) atoms. The molecule has 0 aliphatic carbocycles. The Balaban J connectivity index is 0. The summed E-state index contributed by atoms with van der Waals surface area (Å²) in [4.78, 5) is 19.2. The summed E-state index contributed by atoms with van der Waals surface area (Å²) in [6, 6.07) is 4.36. The first-order chi connectivity index (χ1) is 12.4. The van der Waals surface area contributed by atoms with Gasteiger partial charge in [0, 0.05) is 16.7 Å². The number of carboxylic acids is 2. The Morgan fingerprint density at radius 3 is 1.21 bits per heavy atom. The van der Waals surface area contributed by atoms with Gasteiger partial charge in [-0.3, -0.25) is 0 Å². The van der Waals surface area contributed by atoms with Crippen molar-refractivity contribution in [1.82, 2.24) is 0 Å². The van der Waals surface area contributed by atoms with Crippen molar-refractivity contribution in [2.45, 2.75) is 31.8 Å². The molecule has 5 nitrogen and oxygen atoms in total. The van der Waals surface area contributed by atoms with E-state index in [0.717, 1.165) is 12.1 Å². The fraction of sp³-hybridized carbons (Fsp3) is 0.294. The first kappa shape index (κ1) is 27.4. The zero-order valence-electron chi connectivity index (χ0n) is 14.7. The normalized spacial score (nSPS) is 11.2. The summed E-state index contributed by atoms with van der Waals surface area (Å²) in [7, 11) is 0. The van der Waals surface area contributed by atoms with E-state index in [2.05, 4.69) is 13.2 Å². The number of carboxylic acid groups (broad SMARTS) is 2. The summed E-state index contributed by atoms with van der Waals surface area (Å²) in [5.74, 6) is -1.87. The van der Waals surface area contributed by atoms with Crippen LogP contribution >= 0.6 is 0 Å². The lowest BCUT2D eigenvalue weighted by molar-refractivity contribution is -0.376. The molecule has 0 aliphatic rings. The molecule has 0 fully saturated rings. The Morgan fingerprint density at radius 1 is 0.786 bits per heavy atom. The standard InChI is InChI=1S/C9H6F6O.2C4H6O2/c10-8(11,12)7(16,9(13,14)15)6-4-2-1-3-5-6;2*1-3(2)4(5)6/h1-5,16H;2*1H2,2H3,(H,5,6). The molecule has 0 radical (unpaired) electrons. The number of aliphatic hydroxyl groups is 1. The Labute approximate surface area is 156 Å². The number of hydrogen-bond acceptors (Lipinski definition) is 3. The number of hydrogen-bond donors (Lipinski definition) is 3. The summed E-state index contributed by atoms with van der Waals surface area (Å²) in [6.45, 7) is 9.20. The van der Waals surface area contributed by atoms with Crippen molar-refractivity contribution in [3.05, 3.63) is 60.2 Å². The van der Waals surface area contributed by atoms with Crippen LogP contribution in [0, 0.1) is 0 Å². The molecule has 0 saturated carbocycles. The van der Waals surface area contributed by atoms with Crippen molar-refractivity contribution in [2.75, 3.05) is 0 Å². The fourth-order valence-corrected chi connectivity index (χ4v) is 1.17. The van der Waals surface area contributed by atoms with Crippen LogP contribution < -0.4 is 0 Å². The second-order valence-corrected chi connectivity index (χ2v) is 5.24. The zero-order chi connectivity index (χ0) is 22.9. The molecule has 0 unspecified atom stereocenters. The first-order valence-corrected chi connectivity index (χ1v) is 7.08. The molecule has 0 aliphatic heterocycles. The monoisotopic (exact) mass is 416 g/mol. The summed E-state index contributed by atoms with van der Waals surface area (Å²) < 4.78 is 73.9.